The molecular formula is C23H23ClF4N2O5. The Kier molecular flexibility index (Phi) is 6.31. The van der Waals surface area contributed by atoms with Crippen LogP contribution >= 0.6 is 11.6 Å². The summed E-state index contributed by atoms with van der Waals surface area (Å²) in [6, 6.07) is 6.14. The summed E-state index contributed by atoms with van der Waals surface area (Å²) in [5.74, 6) is -0.337. The molecule has 4 fully saturated rings. The zero-order valence-corrected chi connectivity index (χ0v) is 19.3. The van der Waals surface area contributed by atoms with Gasteiger partial charge in [0, 0.05) is 24.5 Å². The molecule has 7 nitrogen and oxygen atoms in total. The second kappa shape index (κ2) is 9.02. The lowest BCUT2D eigenvalue weighted by Gasteiger charge is -2.52. The zero-order valence-electron chi connectivity index (χ0n) is 18.5. The normalized spacial score (nSPS) is 30.2. The number of aromatic nitrogens is 1. The van der Waals surface area contributed by atoms with Crippen molar-refractivity contribution in [1.82, 2.24) is 10.5 Å². The van der Waals surface area contributed by atoms with Gasteiger partial charge in [-0.3, -0.25) is 9.53 Å². The van der Waals surface area contributed by atoms with Crippen LogP contribution in [0.25, 0.3) is 11.3 Å². The number of nitrogens with one attached hydrogen (secondary N) is 1. The maximum absolute atomic E-state index is 13.8. The zero-order chi connectivity index (χ0) is 24.8. The Labute approximate surface area is 203 Å². The number of ether oxygens (including phenoxy) is 3. The van der Waals surface area contributed by atoms with E-state index in [0.29, 0.717) is 42.7 Å². The Hall–Kier alpha value is -2.21. The molecule has 2 aliphatic heterocycles. The van der Waals surface area contributed by atoms with E-state index in [2.05, 4.69) is 15.2 Å². The van der Waals surface area contributed by atoms with Gasteiger partial charge in [0.2, 0.25) is 5.91 Å². The van der Waals surface area contributed by atoms with E-state index in [0.717, 1.165) is 0 Å². The Bertz CT molecular complexity index is 1080. The Balaban J connectivity index is 1.12. The Morgan fingerprint density at radius 1 is 1.17 bits per heavy atom. The lowest BCUT2D eigenvalue weighted by molar-refractivity contribution is -0.357. The van der Waals surface area contributed by atoms with E-state index in [1.807, 2.05) is 0 Å². The van der Waals surface area contributed by atoms with Gasteiger partial charge < -0.3 is 19.3 Å². The molecule has 6 rings (SSSR count). The highest BCUT2D eigenvalue weighted by molar-refractivity contribution is 6.30. The highest BCUT2D eigenvalue weighted by Gasteiger charge is 2.53. The van der Waals surface area contributed by atoms with E-state index in [1.165, 1.54) is 12.1 Å². The van der Waals surface area contributed by atoms with E-state index < -0.39 is 35.5 Å². The Morgan fingerprint density at radius 3 is 2.54 bits per heavy atom. The summed E-state index contributed by atoms with van der Waals surface area (Å²) in [6.45, 7) is 0.0364. The third kappa shape index (κ3) is 5.18. The van der Waals surface area contributed by atoms with Crippen molar-refractivity contribution in [1.29, 1.82) is 0 Å². The van der Waals surface area contributed by atoms with Gasteiger partial charge in [0.05, 0.1) is 29.4 Å². The molecule has 1 N–H and O–H groups in total. The van der Waals surface area contributed by atoms with Crippen molar-refractivity contribution in [2.24, 2.45) is 0 Å². The number of hydrogen-bond acceptors (Lipinski definition) is 6. The van der Waals surface area contributed by atoms with Crippen molar-refractivity contribution in [3.8, 4) is 11.3 Å². The summed E-state index contributed by atoms with van der Waals surface area (Å²) in [6.07, 6.45) is -3.32. The fourth-order valence-electron chi connectivity index (χ4n) is 4.92. The SMILES string of the molecule is O=C(COC1CC(OC(F)(F)F)C1)NC12CCC(c3cc(-c4ccc(Cl)c(F)c4)no3)(CC1)OC2. The second-order valence-corrected chi connectivity index (χ2v) is 9.81. The number of alkyl halides is 3. The number of rotatable bonds is 7. The number of amides is 1. The Morgan fingerprint density at radius 2 is 1.91 bits per heavy atom. The minimum Gasteiger partial charge on any atom is -0.368 e. The molecule has 0 spiro atoms. The van der Waals surface area contributed by atoms with Gasteiger partial charge in [-0.15, -0.1) is 13.2 Å². The molecule has 3 heterocycles. The van der Waals surface area contributed by atoms with Crippen LogP contribution in [0.5, 0.6) is 0 Å². The molecule has 190 valence electrons. The van der Waals surface area contributed by atoms with Gasteiger partial charge in [0.25, 0.3) is 0 Å². The first-order valence-electron chi connectivity index (χ1n) is 11.3. The van der Waals surface area contributed by atoms with Crippen LogP contribution in [0.4, 0.5) is 17.6 Å². The maximum atomic E-state index is 13.8. The van der Waals surface area contributed by atoms with Crippen LogP contribution in [-0.2, 0) is 24.6 Å². The summed E-state index contributed by atoms with van der Waals surface area (Å²) < 4.78 is 71.4. The fourth-order valence-corrected chi connectivity index (χ4v) is 5.04. The van der Waals surface area contributed by atoms with Crippen LogP contribution < -0.4 is 5.32 Å². The molecule has 2 bridgehead atoms. The molecule has 2 saturated carbocycles. The minimum atomic E-state index is -4.66. The van der Waals surface area contributed by atoms with Crippen LogP contribution in [0, 0.1) is 5.82 Å². The van der Waals surface area contributed by atoms with E-state index in [9.17, 15) is 22.4 Å². The van der Waals surface area contributed by atoms with E-state index in [1.54, 1.807) is 12.1 Å². The van der Waals surface area contributed by atoms with Crippen LogP contribution in [0.1, 0.15) is 44.3 Å². The summed E-state index contributed by atoms with van der Waals surface area (Å²) in [5.41, 5.74) is -0.195. The first-order valence-corrected chi connectivity index (χ1v) is 11.7. The van der Waals surface area contributed by atoms with Crippen molar-refractivity contribution in [2.75, 3.05) is 13.2 Å². The second-order valence-electron chi connectivity index (χ2n) is 9.41. The highest BCUT2D eigenvalue weighted by atomic mass is 35.5. The van der Waals surface area contributed by atoms with Crippen molar-refractivity contribution in [3.63, 3.8) is 0 Å². The molecule has 2 saturated heterocycles. The van der Waals surface area contributed by atoms with Gasteiger partial charge in [-0.05, 0) is 37.8 Å². The summed E-state index contributed by atoms with van der Waals surface area (Å²) >= 11 is 5.75. The molecular weight excluding hydrogens is 496 g/mol. The number of benzene rings is 1. The molecule has 0 atom stereocenters. The van der Waals surface area contributed by atoms with Crippen LogP contribution in [-0.4, -0.2) is 48.4 Å². The summed E-state index contributed by atoms with van der Waals surface area (Å²) in [4.78, 5) is 12.4. The van der Waals surface area contributed by atoms with E-state index >= 15 is 0 Å². The van der Waals surface area contributed by atoms with Crippen molar-refractivity contribution < 1.29 is 41.1 Å². The van der Waals surface area contributed by atoms with E-state index in [-0.39, 0.29) is 37.0 Å². The summed E-state index contributed by atoms with van der Waals surface area (Å²) in [5, 5.41) is 7.07. The van der Waals surface area contributed by atoms with E-state index in [4.69, 9.17) is 25.6 Å². The largest absolute Gasteiger partial charge is 0.522 e. The average Bonchev–Trinajstić information content (AvgIpc) is 3.28. The molecule has 12 heteroatoms. The lowest BCUT2D eigenvalue weighted by Crippen LogP contribution is -2.62. The molecule has 1 aromatic carbocycles. The molecule has 1 amide bonds. The van der Waals surface area contributed by atoms with Crippen LogP contribution in [0.15, 0.2) is 28.8 Å². The predicted octanol–water partition coefficient (Wildman–Crippen LogP) is 4.87. The molecule has 4 aliphatic rings. The van der Waals surface area contributed by atoms with Gasteiger partial charge in [-0.2, -0.15) is 0 Å². The lowest BCUT2D eigenvalue weighted by atomic mass is 9.70. The molecule has 1 aromatic heterocycles. The molecule has 2 aliphatic carbocycles. The predicted molar refractivity (Wildman–Crippen MR) is 114 cm³/mol. The smallest absolute Gasteiger partial charge is 0.368 e. The van der Waals surface area contributed by atoms with Crippen LogP contribution in [0.3, 0.4) is 0 Å². The standard InChI is InChI=1S/C23H23ClF4N2O5/c24-16-2-1-13(7-17(16)25)18-10-19(35-30-18)22-5-3-21(4-6-22,12-33-22)29-20(31)11-32-14-8-15(9-14)34-23(26,27)28/h1-2,7,10,14-15H,3-6,8-9,11-12H2,(H,29,31). The van der Waals surface area contributed by atoms with Gasteiger partial charge >= 0.3 is 6.36 Å². The number of nitrogens with zero attached hydrogens (tertiary/aromatic N) is 1. The van der Waals surface area contributed by atoms with Crippen molar-refractivity contribution in [2.45, 2.75) is 68.2 Å². The number of fused-ring (bicyclic) bond motifs is 3. The van der Waals surface area contributed by atoms with Gasteiger partial charge in [0.15, 0.2) is 5.76 Å². The first kappa shape index (κ1) is 24.5. The van der Waals surface area contributed by atoms with Crippen LogP contribution in [0.2, 0.25) is 5.02 Å². The third-order valence-corrected chi connectivity index (χ3v) is 7.33. The minimum absolute atomic E-state index is 0.0232. The molecule has 0 unspecified atom stereocenters. The molecule has 0 radical (unpaired) electrons. The van der Waals surface area contributed by atoms with Gasteiger partial charge in [-0.1, -0.05) is 22.8 Å². The molecule has 2 aromatic rings. The average molecular weight is 519 g/mol. The number of halogens is 5. The highest BCUT2D eigenvalue weighted by Crippen LogP contribution is 2.50. The van der Waals surface area contributed by atoms with Crippen molar-refractivity contribution >= 4 is 17.5 Å². The number of hydrogen-bond donors (Lipinski definition) is 1. The monoisotopic (exact) mass is 518 g/mol. The van der Waals surface area contributed by atoms with Gasteiger partial charge in [-0.25, -0.2) is 4.39 Å². The quantitative estimate of drug-likeness (QED) is 0.526. The fraction of sp³-hybridized carbons (Fsp3) is 0.565. The van der Waals surface area contributed by atoms with Gasteiger partial charge in [0.1, 0.15) is 23.7 Å². The molecule has 35 heavy (non-hydrogen) atoms. The van der Waals surface area contributed by atoms with Crippen molar-refractivity contribution in [3.05, 3.63) is 40.9 Å². The summed E-state index contributed by atoms with van der Waals surface area (Å²) in [7, 11) is 0. The number of carbonyl (C=O) groups is 1. The maximum Gasteiger partial charge on any atom is 0.522 e. The first-order chi connectivity index (χ1) is 16.5. The topological polar surface area (TPSA) is 82.8 Å². The number of carbonyl (C=O) groups excluding carboxylic acids is 1. The third-order valence-electron chi connectivity index (χ3n) is 7.02.